The van der Waals surface area contributed by atoms with Crippen LogP contribution in [0.1, 0.15) is 5.56 Å². The molecular weight excluding hydrogens is 433 g/mol. The van der Waals surface area contributed by atoms with Gasteiger partial charge in [-0.2, -0.15) is 13.2 Å². The van der Waals surface area contributed by atoms with E-state index in [1.54, 1.807) is 24.3 Å². The Labute approximate surface area is 177 Å². The molecule has 0 saturated carbocycles. The third-order valence-corrected chi connectivity index (χ3v) is 5.88. The first-order chi connectivity index (χ1) is 14.7. The molecule has 164 valence electrons. The van der Waals surface area contributed by atoms with Crippen molar-refractivity contribution in [3.05, 3.63) is 78.6 Å². The van der Waals surface area contributed by atoms with Gasteiger partial charge in [-0.25, -0.2) is 8.42 Å². The molecule has 10 heteroatoms. The molecule has 0 spiro atoms. The second-order valence-electron chi connectivity index (χ2n) is 6.48. The first-order valence-electron chi connectivity index (χ1n) is 9.05. The van der Waals surface area contributed by atoms with Crippen LogP contribution >= 0.6 is 0 Å². The fraction of sp³-hybridized carbons (Fsp3) is 0.190. The molecular formula is C21H19F3N2O4S. The van der Waals surface area contributed by atoms with E-state index in [0.29, 0.717) is 22.8 Å². The summed E-state index contributed by atoms with van der Waals surface area (Å²) in [6, 6.07) is 15.7. The molecule has 1 heterocycles. The van der Waals surface area contributed by atoms with Crippen LogP contribution in [0.2, 0.25) is 0 Å². The Morgan fingerprint density at radius 2 is 1.55 bits per heavy atom. The van der Waals surface area contributed by atoms with Crippen molar-refractivity contribution >= 4 is 15.7 Å². The Hall–Kier alpha value is -3.27. The lowest BCUT2D eigenvalue weighted by Gasteiger charge is -2.25. The summed E-state index contributed by atoms with van der Waals surface area (Å²) in [5.74, 6) is -0.662. The number of aromatic nitrogens is 1. The lowest BCUT2D eigenvalue weighted by molar-refractivity contribution is -0.106. The Bertz CT molecular complexity index is 1110. The molecule has 6 nitrogen and oxygen atoms in total. The average Bonchev–Trinajstić information content (AvgIpc) is 2.72. The minimum absolute atomic E-state index is 0.0773. The normalized spacial score (nSPS) is 11.7. The molecule has 0 aliphatic rings. The average molecular weight is 452 g/mol. The van der Waals surface area contributed by atoms with Gasteiger partial charge in [-0.15, -0.1) is 0 Å². The highest BCUT2D eigenvalue weighted by atomic mass is 32.2. The molecule has 3 rings (SSSR count). The smallest absolute Gasteiger partial charge is 0.404 e. The predicted molar refractivity (Wildman–Crippen MR) is 110 cm³/mol. The fourth-order valence-corrected chi connectivity index (χ4v) is 4.16. The first-order valence-corrected chi connectivity index (χ1v) is 10.7. The maximum Gasteiger partial charge on any atom is 0.404 e. The van der Waals surface area contributed by atoms with E-state index >= 15 is 0 Å². The van der Waals surface area contributed by atoms with Crippen LogP contribution in [0, 0.1) is 0 Å². The molecule has 0 bridgehead atoms. The van der Waals surface area contributed by atoms with E-state index < -0.39 is 22.0 Å². The molecule has 2 aromatic carbocycles. The maximum absolute atomic E-state index is 12.9. The van der Waals surface area contributed by atoms with E-state index in [1.807, 2.05) is 0 Å². The van der Waals surface area contributed by atoms with Gasteiger partial charge in [-0.05, 0) is 54.1 Å². The summed E-state index contributed by atoms with van der Waals surface area (Å²) in [7, 11) is -3.19. The summed E-state index contributed by atoms with van der Waals surface area (Å²) >= 11 is 0. The number of sulfonamides is 1. The Kier molecular flexibility index (Phi) is 6.69. The number of rotatable bonds is 8. The van der Waals surface area contributed by atoms with Gasteiger partial charge in [0, 0.05) is 12.4 Å². The van der Waals surface area contributed by atoms with Crippen LogP contribution in [-0.2, 0) is 16.6 Å². The van der Waals surface area contributed by atoms with Crippen molar-refractivity contribution in [1.82, 2.24) is 4.98 Å². The molecule has 3 aromatic rings. The molecule has 31 heavy (non-hydrogen) atoms. The Morgan fingerprint density at radius 3 is 2.13 bits per heavy atom. The van der Waals surface area contributed by atoms with Crippen molar-refractivity contribution in [3.63, 3.8) is 0 Å². The van der Waals surface area contributed by atoms with E-state index in [1.165, 1.54) is 55.9 Å². The minimum atomic E-state index is -4.87. The number of pyridine rings is 1. The van der Waals surface area contributed by atoms with Gasteiger partial charge in [0.25, 0.3) is 0 Å². The molecule has 0 fully saturated rings. The summed E-state index contributed by atoms with van der Waals surface area (Å²) in [4.78, 5) is 3.84. The van der Waals surface area contributed by atoms with Gasteiger partial charge >= 0.3 is 6.18 Å². The second-order valence-corrected chi connectivity index (χ2v) is 8.37. The van der Waals surface area contributed by atoms with Crippen molar-refractivity contribution in [1.29, 1.82) is 0 Å². The van der Waals surface area contributed by atoms with Gasteiger partial charge in [0.1, 0.15) is 5.75 Å². The van der Waals surface area contributed by atoms with Crippen LogP contribution in [0.15, 0.2) is 73.1 Å². The van der Waals surface area contributed by atoms with Crippen LogP contribution in [-0.4, -0.2) is 32.4 Å². The lowest BCUT2D eigenvalue weighted by atomic mass is 10.2. The molecule has 0 atom stereocenters. The number of nitrogens with zero attached hydrogens (tertiary/aromatic N) is 2. The molecule has 1 aromatic heterocycles. The number of benzene rings is 2. The second kappa shape index (κ2) is 9.25. The van der Waals surface area contributed by atoms with Crippen molar-refractivity contribution in [2.45, 2.75) is 12.7 Å². The number of ether oxygens (including phenoxy) is 2. The lowest BCUT2D eigenvalue weighted by Crippen LogP contribution is -2.37. The van der Waals surface area contributed by atoms with Gasteiger partial charge < -0.3 is 9.47 Å². The molecule has 0 aliphatic heterocycles. The van der Waals surface area contributed by atoms with E-state index in [9.17, 15) is 21.6 Å². The van der Waals surface area contributed by atoms with Crippen LogP contribution in [0.5, 0.6) is 17.2 Å². The molecule has 0 unspecified atom stereocenters. The van der Waals surface area contributed by atoms with E-state index in [-0.39, 0.29) is 12.2 Å². The van der Waals surface area contributed by atoms with Gasteiger partial charge in [-0.3, -0.25) is 9.29 Å². The maximum atomic E-state index is 12.9. The van der Waals surface area contributed by atoms with E-state index in [0.717, 1.165) is 4.31 Å². The van der Waals surface area contributed by atoms with Crippen LogP contribution in [0.4, 0.5) is 18.9 Å². The van der Waals surface area contributed by atoms with Crippen molar-refractivity contribution in [2.75, 3.05) is 17.2 Å². The van der Waals surface area contributed by atoms with Gasteiger partial charge in [0.15, 0.2) is 17.3 Å². The summed E-state index contributed by atoms with van der Waals surface area (Å²) in [5, 5.41) is 0. The fourth-order valence-electron chi connectivity index (χ4n) is 2.80. The zero-order chi connectivity index (χ0) is 22.5. The molecule has 0 N–H and O–H groups in total. The van der Waals surface area contributed by atoms with Crippen LogP contribution in [0.25, 0.3) is 0 Å². The van der Waals surface area contributed by atoms with E-state index in [4.69, 9.17) is 9.47 Å². The largest absolute Gasteiger partial charge is 0.493 e. The zero-order valence-electron chi connectivity index (χ0n) is 16.4. The standard InChI is InChI=1S/C21H19F3N2O4S/c1-29-19-4-2-3-5-20(19)30-18-8-6-17(7-9-18)26(14-16-10-12-25-13-11-16)31(27,28)15-21(22,23)24/h2-13H,14-15H2,1H3. The molecule has 0 radical (unpaired) electrons. The summed E-state index contributed by atoms with van der Waals surface area (Å²) in [6.45, 7) is -0.270. The third-order valence-electron chi connectivity index (χ3n) is 4.18. The minimum Gasteiger partial charge on any atom is -0.493 e. The number of hydrogen-bond donors (Lipinski definition) is 0. The van der Waals surface area contributed by atoms with Crippen LogP contribution in [0.3, 0.4) is 0 Å². The highest BCUT2D eigenvalue weighted by Gasteiger charge is 2.38. The predicted octanol–water partition coefficient (Wildman–Crippen LogP) is 4.78. The van der Waals surface area contributed by atoms with Gasteiger partial charge in [0.05, 0.1) is 19.3 Å². The Morgan fingerprint density at radius 1 is 0.935 bits per heavy atom. The van der Waals surface area contributed by atoms with Gasteiger partial charge in [0.2, 0.25) is 10.0 Å². The number of methoxy groups -OCH3 is 1. The monoisotopic (exact) mass is 452 g/mol. The zero-order valence-corrected chi connectivity index (χ0v) is 17.2. The molecule has 0 amide bonds. The summed E-state index contributed by atoms with van der Waals surface area (Å²) < 4.78 is 75.5. The summed E-state index contributed by atoms with van der Waals surface area (Å²) in [6.07, 6.45) is -2.00. The number of anilines is 1. The first kappa shape index (κ1) is 22.4. The van der Waals surface area contributed by atoms with E-state index in [2.05, 4.69) is 4.98 Å². The highest BCUT2D eigenvalue weighted by molar-refractivity contribution is 7.92. The molecule has 0 saturated heterocycles. The Balaban J connectivity index is 1.90. The summed E-state index contributed by atoms with van der Waals surface area (Å²) in [5.41, 5.74) is 0.573. The highest BCUT2D eigenvalue weighted by Crippen LogP contribution is 2.33. The van der Waals surface area contributed by atoms with Gasteiger partial charge in [-0.1, -0.05) is 12.1 Å². The molecule has 0 aliphatic carbocycles. The van der Waals surface area contributed by atoms with Crippen molar-refractivity contribution in [3.8, 4) is 17.2 Å². The van der Waals surface area contributed by atoms with Crippen LogP contribution < -0.4 is 13.8 Å². The topological polar surface area (TPSA) is 68.7 Å². The van der Waals surface area contributed by atoms with Crippen molar-refractivity contribution < 1.29 is 31.1 Å². The third kappa shape index (κ3) is 6.11. The number of hydrogen-bond acceptors (Lipinski definition) is 5. The quantitative estimate of drug-likeness (QED) is 0.492. The number of alkyl halides is 3. The number of halogens is 3. The van der Waals surface area contributed by atoms with Crippen molar-refractivity contribution in [2.24, 2.45) is 0 Å². The number of para-hydroxylation sites is 2. The SMILES string of the molecule is COc1ccccc1Oc1ccc(N(Cc2ccncc2)S(=O)(=O)CC(F)(F)F)cc1.